The van der Waals surface area contributed by atoms with E-state index < -0.39 is 21.4 Å². The summed E-state index contributed by atoms with van der Waals surface area (Å²) in [5, 5.41) is 0. The first-order chi connectivity index (χ1) is 6.02. The van der Waals surface area contributed by atoms with E-state index in [2.05, 4.69) is 0 Å². The maximum atomic E-state index is 10.6. The van der Waals surface area contributed by atoms with Crippen molar-refractivity contribution in [2.75, 3.05) is 5.73 Å². The molecule has 1 rings (SSSR count). The molecule has 0 atom stereocenters. The molecule has 0 heterocycles. The van der Waals surface area contributed by atoms with Crippen LogP contribution in [0.1, 0.15) is 0 Å². The number of nitrogens with two attached hydrogens (primary N) is 1. The quantitative estimate of drug-likeness (QED) is 0.449. The first-order valence-electron chi connectivity index (χ1n) is 3.20. The highest BCUT2D eigenvalue weighted by Crippen LogP contribution is 2.15. The third kappa shape index (κ3) is 2.19. The van der Waals surface area contributed by atoms with Gasteiger partial charge in [0.1, 0.15) is 0 Å². The zero-order valence-corrected chi connectivity index (χ0v) is 8.13. The summed E-state index contributed by atoms with van der Waals surface area (Å²) in [7, 11) is -5.62. The highest BCUT2D eigenvalue weighted by atomic mass is 32.2. The monoisotopic (exact) mass is 221 g/mol. The van der Waals surface area contributed by atoms with Gasteiger partial charge in [-0.25, -0.2) is 16.8 Å². The first-order valence-corrected chi connectivity index (χ1v) is 5.56. The fourth-order valence-corrected chi connectivity index (χ4v) is 1.87. The van der Waals surface area contributed by atoms with E-state index in [1.165, 1.54) is 12.1 Å². The van der Waals surface area contributed by atoms with Crippen LogP contribution < -0.4 is 5.73 Å². The molecule has 0 aliphatic carbocycles. The predicted octanol–water partition coefficient (Wildman–Crippen LogP) is -0.791. The molecule has 0 aliphatic heterocycles. The Balaban J connectivity index is 3.43. The molecule has 72 valence electrons. The maximum absolute atomic E-state index is 10.6. The molecule has 0 radical (unpaired) electrons. The van der Waals surface area contributed by atoms with Crippen molar-refractivity contribution in [2.45, 2.75) is 9.79 Å². The van der Waals surface area contributed by atoms with E-state index in [4.69, 9.17) is 5.73 Å². The average Bonchev–Trinajstić information content (AvgIpc) is 2.04. The van der Waals surface area contributed by atoms with Crippen LogP contribution >= 0.6 is 0 Å². The fourth-order valence-electron chi connectivity index (χ4n) is 0.804. The Morgan fingerprint density at radius 1 is 1.00 bits per heavy atom. The molecule has 2 N–H and O–H groups in total. The summed E-state index contributed by atoms with van der Waals surface area (Å²) in [6.45, 7) is 0. The highest BCUT2D eigenvalue weighted by Gasteiger charge is 2.04. The van der Waals surface area contributed by atoms with Gasteiger partial charge in [0.05, 0.1) is 15.5 Å². The van der Waals surface area contributed by atoms with Crippen LogP contribution in [0.2, 0.25) is 0 Å². The number of benzene rings is 1. The second kappa shape index (κ2) is 3.75. The molecule has 1 aromatic rings. The van der Waals surface area contributed by atoms with E-state index in [0.29, 0.717) is 0 Å². The average molecular weight is 221 g/mol. The van der Waals surface area contributed by atoms with Gasteiger partial charge in [0, 0.05) is 0 Å². The number of rotatable bonds is 2. The summed E-state index contributed by atoms with van der Waals surface area (Å²) in [6.07, 6.45) is 0. The minimum Gasteiger partial charge on any atom is -0.398 e. The Morgan fingerprint density at radius 3 is 2.08 bits per heavy atom. The van der Waals surface area contributed by atoms with E-state index in [-0.39, 0.29) is 15.5 Å². The van der Waals surface area contributed by atoms with Gasteiger partial charge in [-0.3, -0.25) is 0 Å². The second-order valence-corrected chi connectivity index (χ2v) is 4.28. The molecular formula is C6H7NO4S2. The number of anilines is 1. The molecule has 13 heavy (non-hydrogen) atoms. The number of hydrogen-bond acceptors (Lipinski definition) is 5. The van der Waals surface area contributed by atoms with Gasteiger partial charge in [0.15, 0.2) is 21.4 Å². The number of thiol groups is 2. The zero-order valence-electron chi connectivity index (χ0n) is 6.34. The van der Waals surface area contributed by atoms with Crippen LogP contribution in [-0.4, -0.2) is 16.8 Å². The molecule has 0 fully saturated rings. The Hall–Kier alpha value is -1.08. The zero-order chi connectivity index (χ0) is 10.0. The third-order valence-electron chi connectivity index (χ3n) is 1.42. The van der Waals surface area contributed by atoms with E-state index >= 15 is 0 Å². The second-order valence-electron chi connectivity index (χ2n) is 2.26. The Labute approximate surface area is 78.1 Å². The SMILES string of the molecule is Nc1ccc([SH](=O)=O)cc1[SH](=O)=O. The lowest BCUT2D eigenvalue weighted by Crippen LogP contribution is -1.93. The Bertz CT molecular complexity index is 460. The van der Waals surface area contributed by atoms with Gasteiger partial charge in [-0.2, -0.15) is 0 Å². The van der Waals surface area contributed by atoms with Crippen LogP contribution in [0.4, 0.5) is 5.69 Å². The van der Waals surface area contributed by atoms with Gasteiger partial charge in [0.25, 0.3) is 0 Å². The molecule has 5 nitrogen and oxygen atoms in total. The van der Waals surface area contributed by atoms with Crippen LogP contribution in [0.3, 0.4) is 0 Å². The summed E-state index contributed by atoms with van der Waals surface area (Å²) >= 11 is 0. The van der Waals surface area contributed by atoms with Crippen LogP contribution in [0, 0.1) is 0 Å². The first kappa shape index (κ1) is 10.0. The van der Waals surface area contributed by atoms with Gasteiger partial charge >= 0.3 is 0 Å². The van der Waals surface area contributed by atoms with Crippen molar-refractivity contribution in [3.63, 3.8) is 0 Å². The van der Waals surface area contributed by atoms with Gasteiger partial charge in [0.2, 0.25) is 0 Å². The molecule has 0 bridgehead atoms. The van der Waals surface area contributed by atoms with Gasteiger partial charge in [-0.15, -0.1) is 0 Å². The summed E-state index contributed by atoms with van der Waals surface area (Å²) in [4.78, 5) is -0.217. The summed E-state index contributed by atoms with van der Waals surface area (Å²) < 4.78 is 42.1. The highest BCUT2D eigenvalue weighted by molar-refractivity contribution is 7.73. The van der Waals surface area contributed by atoms with Crippen molar-refractivity contribution < 1.29 is 16.8 Å². The normalized spacial score (nSPS) is 10.9. The number of hydrogen-bond donors (Lipinski definition) is 3. The molecule has 0 amide bonds. The lowest BCUT2D eigenvalue weighted by Gasteiger charge is -1.97. The lowest BCUT2D eigenvalue weighted by atomic mass is 10.3. The van der Waals surface area contributed by atoms with E-state index in [1.807, 2.05) is 0 Å². The number of nitrogen functional groups attached to an aromatic ring is 1. The third-order valence-corrected chi connectivity index (χ3v) is 2.90. The van der Waals surface area contributed by atoms with Crippen molar-refractivity contribution in [2.24, 2.45) is 0 Å². The molecule has 0 saturated heterocycles. The van der Waals surface area contributed by atoms with E-state index in [9.17, 15) is 16.8 Å². The largest absolute Gasteiger partial charge is 0.398 e. The standard InChI is InChI=1S/C6H7NO4S2/c7-5-2-1-4(12(8)9)3-6(5)13(10)11/h1-3,12-13H,7H2. The van der Waals surface area contributed by atoms with Crippen molar-refractivity contribution in [1.82, 2.24) is 0 Å². The summed E-state index contributed by atoms with van der Waals surface area (Å²) in [5.41, 5.74) is 5.36. The molecule has 0 aromatic heterocycles. The fraction of sp³-hybridized carbons (Fsp3) is 0. The molecule has 0 unspecified atom stereocenters. The van der Waals surface area contributed by atoms with Gasteiger partial charge in [-0.05, 0) is 18.2 Å². The molecule has 0 spiro atoms. The molecule has 1 aromatic carbocycles. The summed E-state index contributed by atoms with van der Waals surface area (Å²) in [5.74, 6) is 0. The van der Waals surface area contributed by atoms with E-state index in [0.717, 1.165) is 6.07 Å². The van der Waals surface area contributed by atoms with Gasteiger partial charge in [-0.1, -0.05) is 0 Å². The topological polar surface area (TPSA) is 94.3 Å². The summed E-state index contributed by atoms with van der Waals surface area (Å²) in [6, 6.07) is 3.54. The smallest absolute Gasteiger partial charge is 0.170 e. The van der Waals surface area contributed by atoms with Crippen LogP contribution in [0.15, 0.2) is 28.0 Å². The Kier molecular flexibility index (Phi) is 2.89. The van der Waals surface area contributed by atoms with Crippen molar-refractivity contribution in [1.29, 1.82) is 0 Å². The molecule has 0 aliphatic rings. The van der Waals surface area contributed by atoms with Crippen LogP contribution in [0.5, 0.6) is 0 Å². The maximum Gasteiger partial charge on any atom is 0.170 e. The van der Waals surface area contributed by atoms with Crippen LogP contribution in [0.25, 0.3) is 0 Å². The van der Waals surface area contributed by atoms with Crippen molar-refractivity contribution in [3.05, 3.63) is 18.2 Å². The molecule has 0 saturated carbocycles. The van der Waals surface area contributed by atoms with Gasteiger partial charge < -0.3 is 5.73 Å². The lowest BCUT2D eigenvalue weighted by molar-refractivity contribution is 0.613. The van der Waals surface area contributed by atoms with Crippen LogP contribution in [-0.2, 0) is 21.4 Å². The minimum absolute atomic E-state index is 0.0525. The molecular weight excluding hydrogens is 214 g/mol. The minimum atomic E-state index is -2.85. The Morgan fingerprint density at radius 2 is 1.62 bits per heavy atom. The van der Waals surface area contributed by atoms with Crippen molar-refractivity contribution >= 4 is 27.1 Å². The van der Waals surface area contributed by atoms with E-state index in [1.54, 1.807) is 0 Å². The predicted molar refractivity (Wildman–Crippen MR) is 48.0 cm³/mol. The van der Waals surface area contributed by atoms with Crippen molar-refractivity contribution in [3.8, 4) is 0 Å². The molecule has 7 heteroatoms.